The molecule has 0 aromatic rings. The van der Waals surface area contributed by atoms with Crippen molar-refractivity contribution in [2.45, 2.75) is 12.8 Å². The number of hydrogen-bond donors (Lipinski definition) is 4. The predicted molar refractivity (Wildman–Crippen MR) is 55.6 cm³/mol. The van der Waals surface area contributed by atoms with E-state index in [1.165, 1.54) is 0 Å². The molecule has 0 unspecified atom stereocenters. The standard InChI is InChI=1S/C6H13N4O5P/c7-5(9-11)1-3-14-16(13)15-4-2-6(8)10-12/h1-4H2,(H5-,7,8,9,10,11,12)/p+1. The van der Waals surface area contributed by atoms with Gasteiger partial charge in [-0.15, -0.1) is 9.05 Å². The second-order valence-electron chi connectivity index (χ2n) is 2.57. The van der Waals surface area contributed by atoms with Crippen LogP contribution in [0.5, 0.6) is 0 Å². The summed E-state index contributed by atoms with van der Waals surface area (Å²) in [5.74, 6) is -0.0554. The maximum absolute atomic E-state index is 11.0. The molecule has 0 radical (unpaired) electrons. The quantitative estimate of drug-likeness (QED) is 0.155. The van der Waals surface area contributed by atoms with Crippen LogP contribution in [0, 0.1) is 0 Å². The van der Waals surface area contributed by atoms with E-state index in [1.54, 1.807) is 0 Å². The number of oxime groups is 2. The van der Waals surface area contributed by atoms with Crippen molar-refractivity contribution in [3.05, 3.63) is 0 Å². The van der Waals surface area contributed by atoms with Gasteiger partial charge in [-0.05, 0) is 0 Å². The number of nitrogens with zero attached hydrogens (tertiary/aromatic N) is 2. The molecule has 0 atom stereocenters. The van der Waals surface area contributed by atoms with Crippen LogP contribution in [0.4, 0.5) is 0 Å². The summed E-state index contributed by atoms with van der Waals surface area (Å²) in [5.41, 5.74) is 10.3. The van der Waals surface area contributed by atoms with Gasteiger partial charge in [0.2, 0.25) is 0 Å². The van der Waals surface area contributed by atoms with Gasteiger partial charge in [-0.1, -0.05) is 10.3 Å². The molecule has 92 valence electrons. The van der Waals surface area contributed by atoms with Crippen molar-refractivity contribution >= 4 is 19.9 Å². The van der Waals surface area contributed by atoms with E-state index in [9.17, 15) is 4.57 Å². The minimum Gasteiger partial charge on any atom is -0.409 e. The summed E-state index contributed by atoms with van der Waals surface area (Å²) >= 11 is 0. The molecular weight excluding hydrogens is 239 g/mol. The van der Waals surface area contributed by atoms with Gasteiger partial charge in [0.15, 0.2) is 0 Å². The highest BCUT2D eigenvalue weighted by Gasteiger charge is 2.20. The Hall–Kier alpha value is -1.44. The van der Waals surface area contributed by atoms with Crippen LogP contribution in [0.15, 0.2) is 10.3 Å². The van der Waals surface area contributed by atoms with Gasteiger partial charge in [0.1, 0.15) is 24.9 Å². The molecule has 6 N–H and O–H groups in total. The van der Waals surface area contributed by atoms with Gasteiger partial charge in [-0.25, -0.2) is 0 Å². The van der Waals surface area contributed by atoms with Gasteiger partial charge in [-0.3, -0.25) is 0 Å². The first kappa shape index (κ1) is 14.6. The molecule has 0 bridgehead atoms. The van der Waals surface area contributed by atoms with Crippen LogP contribution >= 0.6 is 8.25 Å². The lowest BCUT2D eigenvalue weighted by Crippen LogP contribution is -2.14. The minimum atomic E-state index is -2.29. The molecule has 16 heavy (non-hydrogen) atoms. The van der Waals surface area contributed by atoms with E-state index >= 15 is 0 Å². The average molecular weight is 253 g/mol. The summed E-state index contributed by atoms with van der Waals surface area (Å²) in [6, 6.07) is 0. The van der Waals surface area contributed by atoms with Gasteiger partial charge < -0.3 is 21.9 Å². The smallest absolute Gasteiger partial charge is 0.409 e. The molecule has 9 nitrogen and oxygen atoms in total. The van der Waals surface area contributed by atoms with Gasteiger partial charge >= 0.3 is 8.25 Å². The Morgan fingerprint density at radius 1 is 1.06 bits per heavy atom. The molecule has 10 heteroatoms. The first-order valence-corrected chi connectivity index (χ1v) is 5.35. The van der Waals surface area contributed by atoms with Crippen molar-refractivity contribution in [2.75, 3.05) is 13.2 Å². The third-order valence-electron chi connectivity index (χ3n) is 1.37. The average Bonchev–Trinajstić information content (AvgIpc) is 2.28. The van der Waals surface area contributed by atoms with Crippen LogP contribution in [0.2, 0.25) is 0 Å². The SMILES string of the molecule is NC(CCO[P+](=O)OCCC(N)=NO)=NO. The lowest BCUT2D eigenvalue weighted by molar-refractivity contribution is 0.232. The molecule has 0 spiro atoms. The van der Waals surface area contributed by atoms with Crippen molar-refractivity contribution < 1.29 is 24.0 Å². The monoisotopic (exact) mass is 253 g/mol. The summed E-state index contributed by atoms with van der Waals surface area (Å²) in [4.78, 5) is 0. The van der Waals surface area contributed by atoms with Gasteiger partial charge in [0.05, 0.1) is 0 Å². The molecule has 0 aliphatic heterocycles. The fourth-order valence-corrected chi connectivity index (χ4v) is 1.14. The summed E-state index contributed by atoms with van der Waals surface area (Å²) in [5, 5.41) is 21.8. The minimum absolute atomic E-state index is 0.00860. The fourth-order valence-electron chi connectivity index (χ4n) is 0.587. The van der Waals surface area contributed by atoms with Crippen molar-refractivity contribution in [1.29, 1.82) is 0 Å². The Bertz CT molecular complexity index is 256. The zero-order chi connectivity index (χ0) is 12.4. The third kappa shape index (κ3) is 7.92. The number of rotatable bonds is 8. The first-order valence-electron chi connectivity index (χ1n) is 4.26. The lowest BCUT2D eigenvalue weighted by Gasteiger charge is -1.93. The molecule has 0 aromatic heterocycles. The van der Waals surface area contributed by atoms with E-state index in [2.05, 4.69) is 10.3 Å². The highest BCUT2D eigenvalue weighted by molar-refractivity contribution is 7.33. The van der Waals surface area contributed by atoms with Crippen LogP contribution in [0.25, 0.3) is 0 Å². The third-order valence-corrected chi connectivity index (χ3v) is 2.15. The molecule has 0 heterocycles. The van der Waals surface area contributed by atoms with E-state index in [-0.39, 0.29) is 37.7 Å². The zero-order valence-electron chi connectivity index (χ0n) is 8.44. The van der Waals surface area contributed by atoms with Crippen molar-refractivity contribution in [1.82, 2.24) is 0 Å². The zero-order valence-corrected chi connectivity index (χ0v) is 9.34. The second kappa shape index (κ2) is 8.84. The predicted octanol–water partition coefficient (Wildman–Crippen LogP) is -0.0500. The summed E-state index contributed by atoms with van der Waals surface area (Å²) in [7, 11) is -2.29. The van der Waals surface area contributed by atoms with Crippen molar-refractivity contribution in [2.24, 2.45) is 21.8 Å². The molecule has 0 rings (SSSR count). The first-order chi connectivity index (χ1) is 7.60. The molecule has 0 saturated carbocycles. The number of amidine groups is 2. The molecule has 0 aliphatic carbocycles. The van der Waals surface area contributed by atoms with Crippen LogP contribution in [0.1, 0.15) is 12.8 Å². The van der Waals surface area contributed by atoms with Crippen LogP contribution in [-0.4, -0.2) is 35.3 Å². The Kier molecular flexibility index (Phi) is 8.04. The summed E-state index contributed by atoms with van der Waals surface area (Å²) in [6.07, 6.45) is 0.280. The molecule has 0 saturated heterocycles. The van der Waals surface area contributed by atoms with E-state index < -0.39 is 8.25 Å². The Morgan fingerprint density at radius 3 is 1.75 bits per heavy atom. The maximum Gasteiger partial charge on any atom is 0.697 e. The van der Waals surface area contributed by atoms with E-state index in [1.807, 2.05) is 0 Å². The molecule has 0 amide bonds. The van der Waals surface area contributed by atoms with Crippen molar-refractivity contribution in [3.63, 3.8) is 0 Å². The van der Waals surface area contributed by atoms with E-state index in [0.717, 1.165) is 0 Å². The molecular formula is C6H14N4O5P+. The lowest BCUT2D eigenvalue weighted by atomic mass is 10.4. The Balaban J connectivity index is 3.53. The normalized spacial score (nSPS) is 13.9. The van der Waals surface area contributed by atoms with E-state index in [0.29, 0.717) is 0 Å². The fraction of sp³-hybridized carbons (Fsp3) is 0.667. The van der Waals surface area contributed by atoms with Gasteiger partial charge in [-0.2, -0.15) is 0 Å². The largest absolute Gasteiger partial charge is 0.697 e. The molecule has 0 aliphatic rings. The molecule has 0 fully saturated rings. The highest BCUT2D eigenvalue weighted by Crippen LogP contribution is 2.23. The van der Waals surface area contributed by atoms with Crippen LogP contribution in [0.3, 0.4) is 0 Å². The van der Waals surface area contributed by atoms with Crippen LogP contribution in [-0.2, 0) is 13.6 Å². The highest BCUT2D eigenvalue weighted by atomic mass is 31.1. The second-order valence-corrected chi connectivity index (χ2v) is 3.54. The van der Waals surface area contributed by atoms with Gasteiger partial charge in [0, 0.05) is 17.4 Å². The Morgan fingerprint density at radius 2 is 1.44 bits per heavy atom. The Labute approximate surface area is 92.6 Å². The summed E-state index contributed by atoms with van der Waals surface area (Å²) < 4.78 is 20.4. The van der Waals surface area contributed by atoms with Crippen LogP contribution < -0.4 is 11.5 Å². The number of nitrogens with two attached hydrogens (primary N) is 2. The van der Waals surface area contributed by atoms with Crippen molar-refractivity contribution in [3.8, 4) is 0 Å². The number of hydrogen-bond acceptors (Lipinski definition) is 7. The topological polar surface area (TPSA) is 153 Å². The maximum atomic E-state index is 11.0. The molecule has 0 aromatic carbocycles. The summed E-state index contributed by atoms with van der Waals surface area (Å²) in [6.45, 7) is 0.0172. The van der Waals surface area contributed by atoms with E-state index in [4.69, 9.17) is 30.9 Å². The van der Waals surface area contributed by atoms with Gasteiger partial charge in [0.25, 0.3) is 0 Å².